The lowest BCUT2D eigenvalue weighted by molar-refractivity contribution is -0.343. The molecule has 2 saturated carbocycles. The molecule has 0 amide bonds. The third-order valence-corrected chi connectivity index (χ3v) is 6.39. The first kappa shape index (κ1) is 22.8. The second-order valence-electron chi connectivity index (χ2n) is 8.11. The summed E-state index contributed by atoms with van der Waals surface area (Å²) in [5.74, 6) is 3.04. The zero-order valence-electron chi connectivity index (χ0n) is 14.7. The van der Waals surface area contributed by atoms with E-state index in [1.54, 1.807) is 0 Å². The van der Waals surface area contributed by atoms with E-state index in [2.05, 4.69) is 0 Å². The molecule has 0 saturated heterocycles. The third-order valence-electron chi connectivity index (χ3n) is 6.39. The van der Waals surface area contributed by atoms with Gasteiger partial charge in [0, 0.05) is 24.2 Å². The van der Waals surface area contributed by atoms with Gasteiger partial charge in [-0.15, -0.1) is 0 Å². The molecule has 0 aromatic heterocycles. The summed E-state index contributed by atoms with van der Waals surface area (Å²) in [7, 11) is 0. The highest BCUT2D eigenvalue weighted by Crippen LogP contribution is 2.66. The Balaban J connectivity index is 0.00000280. The fraction of sp³-hybridized carbons (Fsp3) is 0.750. The highest BCUT2D eigenvalue weighted by molar-refractivity contribution is 5.84. The Labute approximate surface area is 160 Å². The maximum atomic E-state index is 12.7. The van der Waals surface area contributed by atoms with Gasteiger partial charge in [-0.25, -0.2) is 0 Å². The number of hydrogen-bond donors (Lipinski definition) is 1. The lowest BCUT2D eigenvalue weighted by atomic mass is 9.62. The Morgan fingerprint density at radius 2 is 1.71 bits per heavy atom. The van der Waals surface area contributed by atoms with Gasteiger partial charge in [-0.05, 0) is 43.4 Å². The number of allylic oxidation sites excluding steroid dienone is 2. The number of hydrogen-bond acceptors (Lipinski definition) is 2. The van der Waals surface area contributed by atoms with Gasteiger partial charge in [0.2, 0.25) is 0 Å². The van der Waals surface area contributed by atoms with Crippen molar-refractivity contribution in [1.29, 1.82) is 0 Å². The monoisotopic (exact) mass is 410 g/mol. The minimum Gasteiger partial charge on any atom is -0.363 e. The molecule has 3 aliphatic carbocycles. The summed E-state index contributed by atoms with van der Waals surface area (Å²) < 4.78 is 76.4. The summed E-state index contributed by atoms with van der Waals surface area (Å²) in [6.07, 6.45) is -6.32. The van der Waals surface area contributed by atoms with Crippen LogP contribution in [0.1, 0.15) is 59.3 Å². The number of carbonyl (C=O) groups is 1. The second-order valence-corrected chi connectivity index (χ2v) is 8.11. The minimum absolute atomic E-state index is 0. The molecule has 2 fully saturated rings. The van der Waals surface area contributed by atoms with Crippen LogP contribution in [-0.4, -0.2) is 28.8 Å². The summed E-state index contributed by atoms with van der Waals surface area (Å²) in [6.45, 7) is 1.96. The lowest BCUT2D eigenvalue weighted by Crippen LogP contribution is -2.55. The highest BCUT2D eigenvalue weighted by atomic mass is 19.4. The van der Waals surface area contributed by atoms with Crippen LogP contribution in [0.4, 0.5) is 26.3 Å². The van der Waals surface area contributed by atoms with Crippen LogP contribution in [0.5, 0.6) is 0 Å². The van der Waals surface area contributed by atoms with E-state index in [9.17, 15) is 31.1 Å². The van der Waals surface area contributed by atoms with Crippen molar-refractivity contribution in [3.8, 4) is 11.8 Å². The average Bonchev–Trinajstić information content (AvgIpc) is 3.19. The van der Waals surface area contributed by atoms with Gasteiger partial charge in [0.05, 0.1) is 0 Å². The molecule has 0 aliphatic heterocycles. The van der Waals surface area contributed by atoms with Crippen molar-refractivity contribution in [3.05, 3.63) is 11.6 Å². The van der Waals surface area contributed by atoms with Gasteiger partial charge in [-0.1, -0.05) is 31.9 Å². The normalized spacial score (nSPS) is 29.2. The molecule has 28 heavy (non-hydrogen) atoms. The Hall–Kier alpha value is -1.49. The fourth-order valence-corrected chi connectivity index (χ4v) is 4.67. The molecular weight excluding hydrogens is 386 g/mol. The molecule has 0 heterocycles. The molecule has 8 heteroatoms. The SMILES string of the molecule is C.CC12CCCC(=O)C1CC=C2C1(CC#CC(O)(C(F)(F)F)C(F)(F)F)CC1. The van der Waals surface area contributed by atoms with E-state index in [1.807, 2.05) is 18.9 Å². The van der Waals surface area contributed by atoms with Crippen LogP contribution in [-0.2, 0) is 4.79 Å². The molecule has 2 nitrogen and oxygen atoms in total. The van der Waals surface area contributed by atoms with Crippen molar-refractivity contribution in [2.45, 2.75) is 77.2 Å². The van der Waals surface area contributed by atoms with E-state index in [0.29, 0.717) is 25.7 Å². The summed E-state index contributed by atoms with van der Waals surface area (Å²) in [4.78, 5) is 12.2. The van der Waals surface area contributed by atoms with Crippen molar-refractivity contribution in [1.82, 2.24) is 0 Å². The number of rotatable bonds is 2. The van der Waals surface area contributed by atoms with E-state index in [4.69, 9.17) is 5.11 Å². The number of carbonyl (C=O) groups excluding carboxylic acids is 1. The Morgan fingerprint density at radius 3 is 2.21 bits per heavy atom. The van der Waals surface area contributed by atoms with Gasteiger partial charge >= 0.3 is 18.0 Å². The Bertz CT molecular complexity index is 719. The summed E-state index contributed by atoms with van der Waals surface area (Å²) >= 11 is 0. The predicted octanol–water partition coefficient (Wildman–Crippen LogP) is 5.36. The number of ketones is 1. The predicted molar refractivity (Wildman–Crippen MR) is 91.0 cm³/mol. The van der Waals surface area contributed by atoms with Crippen LogP contribution in [0.3, 0.4) is 0 Å². The first-order chi connectivity index (χ1) is 12.3. The molecule has 3 aliphatic rings. The maximum Gasteiger partial charge on any atom is 0.438 e. The van der Waals surface area contributed by atoms with Crippen LogP contribution in [0.2, 0.25) is 0 Å². The molecule has 0 radical (unpaired) electrons. The fourth-order valence-electron chi connectivity index (χ4n) is 4.67. The number of Topliss-reactive ketones (excluding diaryl/α,β-unsaturated/α-hetero) is 1. The van der Waals surface area contributed by atoms with Gasteiger partial charge in [0.1, 0.15) is 5.78 Å². The second kappa shape index (κ2) is 6.79. The number of fused-ring (bicyclic) bond motifs is 1. The zero-order valence-corrected chi connectivity index (χ0v) is 14.7. The summed E-state index contributed by atoms with van der Waals surface area (Å²) in [6, 6.07) is 0. The van der Waals surface area contributed by atoms with E-state index in [1.165, 1.54) is 0 Å². The average molecular weight is 410 g/mol. The molecule has 0 spiro atoms. The number of halogens is 6. The molecule has 2 unspecified atom stereocenters. The van der Waals surface area contributed by atoms with Crippen molar-refractivity contribution >= 4 is 5.78 Å². The highest BCUT2D eigenvalue weighted by Gasteiger charge is 2.70. The van der Waals surface area contributed by atoms with Gasteiger partial charge < -0.3 is 5.11 Å². The Kier molecular flexibility index (Phi) is 5.53. The van der Waals surface area contributed by atoms with E-state index >= 15 is 0 Å². The first-order valence-electron chi connectivity index (χ1n) is 8.87. The summed E-state index contributed by atoms with van der Waals surface area (Å²) in [5.41, 5.74) is -5.05. The standard InChI is InChI=1S/C19H20F6O2.CH4/c1-15-7-2-4-13(26)12(15)5-6-14(15)16(10-11-16)8-3-9-17(27,18(20,21)22)19(23,24)25;/h6,12,27H,2,4-5,7-8,10-11H2,1H3;1H4. The largest absolute Gasteiger partial charge is 0.438 e. The molecular formula is C20H24F6O2. The quantitative estimate of drug-likeness (QED) is 0.378. The lowest BCUT2D eigenvalue weighted by Gasteiger charge is -2.40. The summed E-state index contributed by atoms with van der Waals surface area (Å²) in [5, 5.41) is 9.16. The van der Waals surface area contributed by atoms with Crippen molar-refractivity contribution < 1.29 is 36.2 Å². The third kappa shape index (κ3) is 3.36. The number of alkyl halides is 6. The molecule has 3 rings (SSSR count). The van der Waals surface area contributed by atoms with Crippen LogP contribution in [0, 0.1) is 28.6 Å². The number of aliphatic hydroxyl groups is 1. The van der Waals surface area contributed by atoms with Crippen molar-refractivity contribution in [2.75, 3.05) is 0 Å². The van der Waals surface area contributed by atoms with Crippen LogP contribution >= 0.6 is 0 Å². The molecule has 2 atom stereocenters. The topological polar surface area (TPSA) is 37.3 Å². The molecule has 0 bridgehead atoms. The molecule has 0 aromatic rings. The minimum atomic E-state index is -5.94. The van der Waals surface area contributed by atoms with E-state index in [-0.39, 0.29) is 25.5 Å². The smallest absolute Gasteiger partial charge is 0.363 e. The zero-order chi connectivity index (χ0) is 20.3. The van der Waals surface area contributed by atoms with Gasteiger partial charge in [0.25, 0.3) is 0 Å². The molecule has 0 aromatic carbocycles. The molecule has 158 valence electrons. The van der Waals surface area contributed by atoms with Gasteiger partial charge in [-0.2, -0.15) is 26.3 Å². The van der Waals surface area contributed by atoms with Gasteiger partial charge in [-0.3, -0.25) is 4.79 Å². The van der Waals surface area contributed by atoms with Gasteiger partial charge in [0.15, 0.2) is 0 Å². The van der Waals surface area contributed by atoms with Crippen LogP contribution < -0.4 is 0 Å². The van der Waals surface area contributed by atoms with Crippen LogP contribution in [0.25, 0.3) is 0 Å². The molecule has 1 N–H and O–H groups in total. The van der Waals surface area contributed by atoms with E-state index < -0.39 is 28.8 Å². The van der Waals surface area contributed by atoms with Crippen LogP contribution in [0.15, 0.2) is 11.6 Å². The Morgan fingerprint density at radius 1 is 1.14 bits per heavy atom. The maximum absolute atomic E-state index is 12.7. The van der Waals surface area contributed by atoms with Crippen molar-refractivity contribution in [3.63, 3.8) is 0 Å². The first-order valence-corrected chi connectivity index (χ1v) is 8.87. The van der Waals surface area contributed by atoms with E-state index in [0.717, 1.165) is 24.3 Å². The van der Waals surface area contributed by atoms with Crippen molar-refractivity contribution in [2.24, 2.45) is 16.7 Å².